The lowest BCUT2D eigenvalue weighted by Crippen LogP contribution is -2.45. The summed E-state index contributed by atoms with van der Waals surface area (Å²) in [4.78, 5) is 30.8. The average molecular weight is 392 g/mol. The zero-order valence-electron chi connectivity index (χ0n) is 16.4. The van der Waals surface area contributed by atoms with Crippen molar-refractivity contribution < 1.29 is 23.8 Å². The molecule has 0 radical (unpaired) electrons. The molecule has 0 aliphatic rings. The van der Waals surface area contributed by atoms with Gasteiger partial charge in [-0.25, -0.2) is 9.78 Å². The number of methoxy groups -OCH3 is 3. The van der Waals surface area contributed by atoms with Gasteiger partial charge in [0, 0.05) is 22.5 Å². The number of amides is 1. The highest BCUT2D eigenvalue weighted by Crippen LogP contribution is 2.27. The fraction of sp³-hybridized carbons (Fsp3) is 0.421. The van der Waals surface area contributed by atoms with Crippen LogP contribution in [0.4, 0.5) is 0 Å². The number of nitrogens with zero attached hydrogens (tertiary/aromatic N) is 2. The van der Waals surface area contributed by atoms with Crippen LogP contribution in [-0.2, 0) is 11.3 Å². The Labute approximate surface area is 162 Å². The fourth-order valence-corrected chi connectivity index (χ4v) is 3.17. The molecule has 8 heteroatoms. The zero-order valence-corrected chi connectivity index (χ0v) is 17.2. The molecule has 0 unspecified atom stereocenters. The van der Waals surface area contributed by atoms with Crippen LogP contribution in [0.3, 0.4) is 0 Å². The predicted molar refractivity (Wildman–Crippen MR) is 103 cm³/mol. The van der Waals surface area contributed by atoms with Crippen molar-refractivity contribution in [2.45, 2.75) is 32.9 Å². The molecule has 27 heavy (non-hydrogen) atoms. The lowest BCUT2D eigenvalue weighted by molar-refractivity contribution is 0.0558. The minimum Gasteiger partial charge on any atom is -0.497 e. The molecule has 1 aromatic carbocycles. The number of rotatable bonds is 6. The van der Waals surface area contributed by atoms with Gasteiger partial charge in [-0.15, -0.1) is 11.3 Å². The van der Waals surface area contributed by atoms with E-state index in [0.717, 1.165) is 0 Å². The van der Waals surface area contributed by atoms with Crippen molar-refractivity contribution >= 4 is 23.2 Å². The molecule has 1 heterocycles. The topological polar surface area (TPSA) is 78.0 Å². The number of carbonyl (C=O) groups excluding carboxylic acids is 2. The Bertz CT molecular complexity index is 803. The second kappa shape index (κ2) is 8.39. The molecule has 7 nitrogen and oxygen atoms in total. The number of aromatic nitrogens is 1. The molecule has 0 aliphatic carbocycles. The summed E-state index contributed by atoms with van der Waals surface area (Å²) >= 11 is 1.31. The molecule has 2 rings (SSSR count). The molecule has 146 valence electrons. The smallest absolute Gasteiger partial charge is 0.357 e. The van der Waals surface area contributed by atoms with Gasteiger partial charge in [0.05, 0.1) is 27.9 Å². The number of carbonyl (C=O) groups is 2. The summed E-state index contributed by atoms with van der Waals surface area (Å²) in [7, 11) is 4.38. The third-order valence-electron chi connectivity index (χ3n) is 3.89. The van der Waals surface area contributed by atoms with Crippen molar-refractivity contribution in [3.8, 4) is 11.5 Å². The number of esters is 1. The lowest BCUT2D eigenvalue weighted by atomic mass is 10.0. The Morgan fingerprint density at radius 2 is 1.67 bits per heavy atom. The summed E-state index contributed by atoms with van der Waals surface area (Å²) in [5, 5.41) is 2.27. The van der Waals surface area contributed by atoms with Gasteiger partial charge in [0.15, 0.2) is 5.69 Å². The molecule has 1 aromatic heterocycles. The fourth-order valence-electron chi connectivity index (χ4n) is 2.42. The normalized spacial score (nSPS) is 11.0. The van der Waals surface area contributed by atoms with Crippen LogP contribution in [0.1, 0.15) is 46.6 Å². The molecule has 2 aromatic rings. The van der Waals surface area contributed by atoms with E-state index in [-0.39, 0.29) is 18.1 Å². The summed E-state index contributed by atoms with van der Waals surface area (Å²) in [6.07, 6.45) is 0. The van der Waals surface area contributed by atoms with Crippen LogP contribution in [0.25, 0.3) is 0 Å². The SMILES string of the molecule is COC(=O)c1csc(CN(C(=O)c2cc(OC)cc(OC)c2)C(C)(C)C)n1. The largest absolute Gasteiger partial charge is 0.497 e. The Balaban J connectivity index is 2.35. The van der Waals surface area contributed by atoms with Gasteiger partial charge in [0.1, 0.15) is 16.5 Å². The van der Waals surface area contributed by atoms with E-state index in [1.807, 2.05) is 20.8 Å². The van der Waals surface area contributed by atoms with Crippen molar-refractivity contribution in [2.75, 3.05) is 21.3 Å². The number of ether oxygens (including phenoxy) is 3. The zero-order chi connectivity index (χ0) is 20.2. The maximum absolute atomic E-state index is 13.2. The summed E-state index contributed by atoms with van der Waals surface area (Å²) in [6.45, 7) is 6.09. The number of benzene rings is 1. The first-order chi connectivity index (χ1) is 12.7. The summed E-state index contributed by atoms with van der Waals surface area (Å²) in [5.74, 6) is 0.390. The third kappa shape index (κ3) is 4.97. The Kier molecular flexibility index (Phi) is 6.43. The van der Waals surface area contributed by atoms with Crippen LogP contribution in [0.15, 0.2) is 23.6 Å². The van der Waals surface area contributed by atoms with Gasteiger partial charge in [-0.3, -0.25) is 4.79 Å². The first-order valence-corrected chi connectivity index (χ1v) is 9.15. The van der Waals surface area contributed by atoms with Gasteiger partial charge in [-0.05, 0) is 32.9 Å². The molecule has 0 N–H and O–H groups in total. The standard InChI is InChI=1S/C19H24N2O5S/c1-19(2,3)21(10-16-20-15(11-27-16)18(23)26-6)17(22)12-7-13(24-4)9-14(8-12)25-5/h7-9,11H,10H2,1-6H3. The minimum atomic E-state index is -0.497. The molecule has 0 atom stereocenters. The van der Waals surface area contributed by atoms with Crippen LogP contribution in [0.2, 0.25) is 0 Å². The van der Waals surface area contributed by atoms with E-state index in [4.69, 9.17) is 9.47 Å². The van der Waals surface area contributed by atoms with E-state index in [0.29, 0.717) is 22.1 Å². The van der Waals surface area contributed by atoms with Crippen LogP contribution < -0.4 is 9.47 Å². The highest BCUT2D eigenvalue weighted by molar-refractivity contribution is 7.09. The maximum Gasteiger partial charge on any atom is 0.357 e. The van der Waals surface area contributed by atoms with E-state index in [2.05, 4.69) is 9.72 Å². The van der Waals surface area contributed by atoms with Gasteiger partial charge in [0.25, 0.3) is 5.91 Å². The van der Waals surface area contributed by atoms with Gasteiger partial charge in [-0.1, -0.05) is 0 Å². The van der Waals surface area contributed by atoms with Gasteiger partial charge in [0.2, 0.25) is 0 Å². The van der Waals surface area contributed by atoms with E-state index >= 15 is 0 Å². The third-order valence-corrected chi connectivity index (χ3v) is 4.73. The molecule has 0 saturated heterocycles. The first kappa shape index (κ1) is 20.7. The van der Waals surface area contributed by atoms with Crippen molar-refractivity contribution in [1.29, 1.82) is 0 Å². The van der Waals surface area contributed by atoms with Crippen molar-refractivity contribution in [3.05, 3.63) is 39.8 Å². The van der Waals surface area contributed by atoms with E-state index < -0.39 is 11.5 Å². The number of hydrogen-bond acceptors (Lipinski definition) is 7. The number of hydrogen-bond donors (Lipinski definition) is 0. The quantitative estimate of drug-likeness (QED) is 0.701. The molecular weight excluding hydrogens is 368 g/mol. The van der Waals surface area contributed by atoms with Crippen LogP contribution in [0, 0.1) is 0 Å². The van der Waals surface area contributed by atoms with Crippen molar-refractivity contribution in [2.24, 2.45) is 0 Å². The highest BCUT2D eigenvalue weighted by Gasteiger charge is 2.29. The van der Waals surface area contributed by atoms with Gasteiger partial charge < -0.3 is 19.1 Å². The molecule has 0 spiro atoms. The molecule has 0 bridgehead atoms. The number of thiazole rings is 1. The van der Waals surface area contributed by atoms with E-state index in [1.165, 1.54) is 32.7 Å². The second-order valence-electron chi connectivity index (χ2n) is 6.78. The Hall–Kier alpha value is -2.61. The molecule has 0 fully saturated rings. The van der Waals surface area contributed by atoms with E-state index in [1.54, 1.807) is 28.5 Å². The first-order valence-electron chi connectivity index (χ1n) is 8.27. The Morgan fingerprint density at radius 3 is 2.15 bits per heavy atom. The van der Waals surface area contributed by atoms with Crippen molar-refractivity contribution in [3.63, 3.8) is 0 Å². The van der Waals surface area contributed by atoms with Gasteiger partial charge in [-0.2, -0.15) is 0 Å². The summed E-state index contributed by atoms with van der Waals surface area (Å²) in [5.41, 5.74) is 0.220. The highest BCUT2D eigenvalue weighted by atomic mass is 32.1. The molecule has 1 amide bonds. The van der Waals surface area contributed by atoms with Crippen LogP contribution >= 0.6 is 11.3 Å². The average Bonchev–Trinajstić information content (AvgIpc) is 3.12. The van der Waals surface area contributed by atoms with E-state index in [9.17, 15) is 9.59 Å². The summed E-state index contributed by atoms with van der Waals surface area (Å²) < 4.78 is 15.2. The van der Waals surface area contributed by atoms with Crippen molar-refractivity contribution in [1.82, 2.24) is 9.88 Å². The monoisotopic (exact) mass is 392 g/mol. The minimum absolute atomic E-state index is 0.186. The summed E-state index contributed by atoms with van der Waals surface area (Å²) in [6, 6.07) is 5.05. The lowest BCUT2D eigenvalue weighted by Gasteiger charge is -2.35. The maximum atomic E-state index is 13.2. The van der Waals surface area contributed by atoms with Crippen LogP contribution in [-0.4, -0.2) is 48.6 Å². The van der Waals surface area contributed by atoms with Gasteiger partial charge >= 0.3 is 5.97 Å². The molecular formula is C19H24N2O5S. The van der Waals surface area contributed by atoms with Crippen LogP contribution in [0.5, 0.6) is 11.5 Å². The Morgan fingerprint density at radius 1 is 1.07 bits per heavy atom. The second-order valence-corrected chi connectivity index (χ2v) is 7.72. The predicted octanol–water partition coefficient (Wildman–Crippen LogP) is 3.39. The molecule has 0 aliphatic heterocycles. The molecule has 0 saturated carbocycles.